The molecule has 2 heterocycles. The molecule has 0 saturated carbocycles. The molecule has 0 aromatic rings. The molecule has 0 aromatic carbocycles. The van der Waals surface area contributed by atoms with Gasteiger partial charge >= 0.3 is 0 Å². The Morgan fingerprint density at radius 3 is 2.53 bits per heavy atom. The van der Waals surface area contributed by atoms with Crippen molar-refractivity contribution in [3.63, 3.8) is 0 Å². The molecule has 92 valence electrons. The van der Waals surface area contributed by atoms with Crippen LogP contribution < -0.4 is 5.32 Å². The largest absolute Gasteiger partial charge is 0.317 e. The highest BCUT2D eigenvalue weighted by molar-refractivity contribution is 5.95. The lowest BCUT2D eigenvalue weighted by Crippen LogP contribution is -2.42. The summed E-state index contributed by atoms with van der Waals surface area (Å²) in [5, 5.41) is 3.31. The SMILES string of the molecule is O=C1C=C(N2CCC3(CCNCC3)C2=O)CC1. The van der Waals surface area contributed by atoms with Gasteiger partial charge < -0.3 is 10.2 Å². The number of ketones is 1. The highest BCUT2D eigenvalue weighted by atomic mass is 16.2. The van der Waals surface area contributed by atoms with Crippen molar-refractivity contribution in [3.05, 3.63) is 11.8 Å². The Kier molecular flexibility index (Phi) is 2.54. The summed E-state index contributed by atoms with van der Waals surface area (Å²) in [5.41, 5.74) is 0.827. The van der Waals surface area contributed by atoms with Crippen LogP contribution >= 0.6 is 0 Å². The summed E-state index contributed by atoms with van der Waals surface area (Å²) in [5.74, 6) is 0.430. The molecular weight excluding hydrogens is 216 g/mol. The second-order valence-corrected chi connectivity index (χ2v) is 5.34. The number of carbonyl (C=O) groups excluding carboxylic acids is 2. The van der Waals surface area contributed by atoms with E-state index in [2.05, 4.69) is 5.32 Å². The number of piperidine rings is 1. The van der Waals surface area contributed by atoms with Gasteiger partial charge in [-0.15, -0.1) is 0 Å². The van der Waals surface area contributed by atoms with E-state index in [1.165, 1.54) is 0 Å². The fourth-order valence-corrected chi connectivity index (χ4v) is 3.26. The van der Waals surface area contributed by atoms with Gasteiger partial charge in [0, 0.05) is 24.7 Å². The predicted molar refractivity (Wildman–Crippen MR) is 63.2 cm³/mol. The Morgan fingerprint density at radius 1 is 1.12 bits per heavy atom. The second kappa shape index (κ2) is 3.95. The number of allylic oxidation sites excluding steroid dienone is 2. The monoisotopic (exact) mass is 234 g/mol. The molecule has 0 radical (unpaired) electrons. The molecule has 0 atom stereocenters. The van der Waals surface area contributed by atoms with Crippen molar-refractivity contribution < 1.29 is 9.59 Å². The number of hydrogen-bond donors (Lipinski definition) is 1. The van der Waals surface area contributed by atoms with Crippen LogP contribution in [-0.4, -0.2) is 36.2 Å². The van der Waals surface area contributed by atoms with Gasteiger partial charge in [0.2, 0.25) is 5.91 Å². The van der Waals surface area contributed by atoms with E-state index in [0.717, 1.165) is 51.0 Å². The van der Waals surface area contributed by atoms with Gasteiger partial charge in [-0.2, -0.15) is 0 Å². The third-order valence-corrected chi connectivity index (χ3v) is 4.38. The summed E-state index contributed by atoms with van der Waals surface area (Å²) in [6, 6.07) is 0. The molecule has 0 unspecified atom stereocenters. The molecule has 0 bridgehead atoms. The van der Waals surface area contributed by atoms with Crippen LogP contribution in [0.3, 0.4) is 0 Å². The van der Waals surface area contributed by atoms with Crippen molar-refractivity contribution >= 4 is 11.7 Å². The topological polar surface area (TPSA) is 49.4 Å². The molecule has 1 amide bonds. The maximum absolute atomic E-state index is 12.5. The molecule has 3 aliphatic rings. The van der Waals surface area contributed by atoms with Crippen molar-refractivity contribution in [2.45, 2.75) is 32.1 Å². The van der Waals surface area contributed by atoms with Gasteiger partial charge in [0.15, 0.2) is 5.78 Å². The zero-order chi connectivity index (χ0) is 11.9. The number of amides is 1. The third kappa shape index (κ3) is 1.71. The van der Waals surface area contributed by atoms with Crippen LogP contribution in [0.15, 0.2) is 11.8 Å². The van der Waals surface area contributed by atoms with E-state index in [1.54, 1.807) is 6.08 Å². The van der Waals surface area contributed by atoms with E-state index in [-0.39, 0.29) is 17.1 Å². The number of likely N-dealkylation sites (tertiary alicyclic amines) is 1. The second-order valence-electron chi connectivity index (χ2n) is 5.34. The third-order valence-electron chi connectivity index (χ3n) is 4.38. The first-order valence-electron chi connectivity index (χ1n) is 6.47. The molecule has 2 fully saturated rings. The van der Waals surface area contributed by atoms with Crippen LogP contribution in [0.2, 0.25) is 0 Å². The maximum atomic E-state index is 12.5. The molecule has 1 spiro atoms. The summed E-state index contributed by atoms with van der Waals surface area (Å²) in [6.45, 7) is 2.69. The average Bonchev–Trinajstić information content (AvgIpc) is 2.88. The minimum Gasteiger partial charge on any atom is -0.317 e. The summed E-state index contributed by atoms with van der Waals surface area (Å²) in [4.78, 5) is 25.7. The number of nitrogens with zero attached hydrogens (tertiary/aromatic N) is 1. The lowest BCUT2D eigenvalue weighted by atomic mass is 9.77. The van der Waals surface area contributed by atoms with Crippen LogP contribution in [0, 0.1) is 5.41 Å². The Labute approximate surface area is 101 Å². The van der Waals surface area contributed by atoms with E-state index in [0.29, 0.717) is 6.42 Å². The summed E-state index contributed by atoms with van der Waals surface area (Å²) in [7, 11) is 0. The molecule has 17 heavy (non-hydrogen) atoms. The van der Waals surface area contributed by atoms with Gasteiger partial charge in [-0.1, -0.05) is 0 Å². The van der Waals surface area contributed by atoms with Crippen molar-refractivity contribution in [3.8, 4) is 0 Å². The van der Waals surface area contributed by atoms with E-state index < -0.39 is 0 Å². The number of rotatable bonds is 1. The molecular formula is C13H18N2O2. The molecule has 0 aromatic heterocycles. The highest BCUT2D eigenvalue weighted by Gasteiger charge is 2.48. The first kappa shape index (κ1) is 11.0. The summed E-state index contributed by atoms with van der Waals surface area (Å²) >= 11 is 0. The molecule has 3 rings (SSSR count). The predicted octanol–water partition coefficient (Wildman–Crippen LogP) is 0.835. The summed E-state index contributed by atoms with van der Waals surface area (Å²) < 4.78 is 0. The molecule has 1 aliphatic carbocycles. The van der Waals surface area contributed by atoms with E-state index in [1.807, 2.05) is 4.90 Å². The van der Waals surface area contributed by atoms with Crippen LogP contribution in [0.5, 0.6) is 0 Å². The van der Waals surface area contributed by atoms with Crippen molar-refractivity contribution in [2.75, 3.05) is 19.6 Å². The van der Waals surface area contributed by atoms with Crippen LogP contribution in [0.25, 0.3) is 0 Å². The number of carbonyl (C=O) groups is 2. The summed E-state index contributed by atoms with van der Waals surface area (Å²) in [6.07, 6.45) is 5.84. The zero-order valence-corrected chi connectivity index (χ0v) is 10.00. The minimum absolute atomic E-state index is 0.127. The van der Waals surface area contributed by atoms with Gasteiger partial charge in [-0.05, 0) is 38.8 Å². The first-order valence-corrected chi connectivity index (χ1v) is 6.47. The zero-order valence-electron chi connectivity index (χ0n) is 10.00. The quantitative estimate of drug-likeness (QED) is 0.731. The van der Waals surface area contributed by atoms with Crippen LogP contribution in [-0.2, 0) is 9.59 Å². The number of nitrogens with one attached hydrogen (secondary N) is 1. The van der Waals surface area contributed by atoms with Crippen molar-refractivity contribution in [1.82, 2.24) is 10.2 Å². The van der Waals surface area contributed by atoms with E-state index in [4.69, 9.17) is 0 Å². The molecule has 1 N–H and O–H groups in total. The Morgan fingerprint density at radius 2 is 1.88 bits per heavy atom. The molecule has 4 heteroatoms. The van der Waals surface area contributed by atoms with Gasteiger partial charge in [0.05, 0.1) is 5.41 Å². The first-order chi connectivity index (χ1) is 8.21. The number of hydrogen-bond acceptors (Lipinski definition) is 3. The van der Waals surface area contributed by atoms with Crippen molar-refractivity contribution in [2.24, 2.45) is 5.41 Å². The van der Waals surface area contributed by atoms with Gasteiger partial charge in [-0.25, -0.2) is 0 Å². The minimum atomic E-state index is -0.127. The highest BCUT2D eigenvalue weighted by Crippen LogP contribution is 2.42. The fourth-order valence-electron chi connectivity index (χ4n) is 3.26. The van der Waals surface area contributed by atoms with Crippen molar-refractivity contribution in [1.29, 1.82) is 0 Å². The Bertz CT molecular complexity index is 394. The van der Waals surface area contributed by atoms with Gasteiger partial charge in [0.25, 0.3) is 0 Å². The molecule has 2 aliphatic heterocycles. The van der Waals surface area contributed by atoms with E-state index in [9.17, 15) is 9.59 Å². The standard InChI is InChI=1S/C13H18N2O2/c16-11-2-1-10(9-11)15-8-5-13(12(15)17)3-6-14-7-4-13/h9,14H,1-8H2. The normalized spacial score (nSPS) is 28.0. The smallest absolute Gasteiger partial charge is 0.233 e. The van der Waals surface area contributed by atoms with E-state index >= 15 is 0 Å². The molecule has 4 nitrogen and oxygen atoms in total. The Hall–Kier alpha value is -1.16. The average molecular weight is 234 g/mol. The van der Waals surface area contributed by atoms with Crippen LogP contribution in [0.4, 0.5) is 0 Å². The molecule has 2 saturated heterocycles. The van der Waals surface area contributed by atoms with Gasteiger partial charge in [-0.3, -0.25) is 9.59 Å². The maximum Gasteiger partial charge on any atom is 0.233 e. The van der Waals surface area contributed by atoms with Crippen LogP contribution in [0.1, 0.15) is 32.1 Å². The lowest BCUT2D eigenvalue weighted by Gasteiger charge is -2.32. The lowest BCUT2D eigenvalue weighted by molar-refractivity contribution is -0.135. The fraction of sp³-hybridized carbons (Fsp3) is 0.692. The Balaban J connectivity index is 1.80. The van der Waals surface area contributed by atoms with Gasteiger partial charge in [0.1, 0.15) is 0 Å².